The quantitative estimate of drug-likeness (QED) is 0.840. The van der Waals surface area contributed by atoms with Gasteiger partial charge in [0.25, 0.3) is 0 Å². The Bertz CT molecular complexity index is 318. The van der Waals surface area contributed by atoms with Crippen molar-refractivity contribution in [1.29, 1.82) is 0 Å². The minimum atomic E-state index is -0.386. The average molecular weight is 306 g/mol. The van der Waals surface area contributed by atoms with Crippen LogP contribution in [0.4, 0.5) is 0 Å². The fourth-order valence-corrected chi connectivity index (χ4v) is 3.31. The third-order valence-electron chi connectivity index (χ3n) is 4.01. The number of hydrogen-bond donors (Lipinski definition) is 1. The first-order chi connectivity index (χ1) is 8.97. The van der Waals surface area contributed by atoms with Gasteiger partial charge < -0.3 is 15.4 Å². The van der Waals surface area contributed by atoms with Gasteiger partial charge in [-0.05, 0) is 33.6 Å². The molecule has 2 saturated heterocycles. The monoisotopic (exact) mass is 305 g/mol. The van der Waals surface area contributed by atoms with Crippen LogP contribution < -0.4 is 5.73 Å². The van der Waals surface area contributed by atoms with Gasteiger partial charge in [0, 0.05) is 32.2 Å². The van der Waals surface area contributed by atoms with Gasteiger partial charge in [-0.3, -0.25) is 9.69 Å². The molecule has 118 valence electrons. The molecule has 2 aliphatic rings. The molecule has 1 amide bonds. The number of halogens is 1. The molecule has 0 radical (unpaired) electrons. The van der Waals surface area contributed by atoms with Crippen LogP contribution in [-0.4, -0.2) is 66.2 Å². The number of hydrogen-bond acceptors (Lipinski definition) is 4. The Morgan fingerprint density at radius 2 is 1.95 bits per heavy atom. The smallest absolute Gasteiger partial charge is 0.239 e. The van der Waals surface area contributed by atoms with E-state index in [0.29, 0.717) is 6.04 Å². The molecule has 2 N–H and O–H groups in total. The molecule has 0 aromatic carbocycles. The second-order valence-electron chi connectivity index (χ2n) is 6.09. The second-order valence-corrected chi connectivity index (χ2v) is 6.09. The van der Waals surface area contributed by atoms with Gasteiger partial charge >= 0.3 is 0 Å². The lowest BCUT2D eigenvalue weighted by Crippen LogP contribution is -2.52. The minimum absolute atomic E-state index is 0. The van der Waals surface area contributed by atoms with E-state index in [1.54, 1.807) is 6.92 Å². The summed E-state index contributed by atoms with van der Waals surface area (Å²) < 4.78 is 5.75. The molecule has 0 saturated carbocycles. The summed E-state index contributed by atoms with van der Waals surface area (Å²) in [7, 11) is 0. The molecule has 4 atom stereocenters. The van der Waals surface area contributed by atoms with Gasteiger partial charge in [0.2, 0.25) is 5.91 Å². The fraction of sp³-hybridized carbons (Fsp3) is 0.929. The molecule has 4 unspecified atom stereocenters. The molecular weight excluding hydrogens is 278 g/mol. The topological polar surface area (TPSA) is 58.8 Å². The van der Waals surface area contributed by atoms with Gasteiger partial charge in [0.15, 0.2) is 0 Å². The van der Waals surface area contributed by atoms with Gasteiger partial charge in [-0.1, -0.05) is 0 Å². The summed E-state index contributed by atoms with van der Waals surface area (Å²) in [5, 5.41) is 0. The lowest BCUT2D eigenvalue weighted by molar-refractivity contribution is -0.134. The first-order valence-electron chi connectivity index (χ1n) is 7.41. The molecule has 0 aliphatic carbocycles. The Kier molecular flexibility index (Phi) is 6.72. The first-order valence-corrected chi connectivity index (χ1v) is 7.41. The van der Waals surface area contributed by atoms with Crippen molar-refractivity contribution in [1.82, 2.24) is 9.80 Å². The zero-order valence-electron chi connectivity index (χ0n) is 12.7. The Hall–Kier alpha value is -0.360. The highest BCUT2D eigenvalue weighted by Crippen LogP contribution is 2.21. The van der Waals surface area contributed by atoms with Gasteiger partial charge in [-0.2, -0.15) is 0 Å². The molecule has 20 heavy (non-hydrogen) atoms. The van der Waals surface area contributed by atoms with E-state index >= 15 is 0 Å². The Morgan fingerprint density at radius 3 is 2.50 bits per heavy atom. The van der Waals surface area contributed by atoms with Crippen molar-refractivity contribution in [2.24, 2.45) is 5.73 Å². The highest BCUT2D eigenvalue weighted by atomic mass is 35.5. The summed E-state index contributed by atoms with van der Waals surface area (Å²) in [4.78, 5) is 16.5. The van der Waals surface area contributed by atoms with Crippen molar-refractivity contribution in [3.05, 3.63) is 0 Å². The van der Waals surface area contributed by atoms with Crippen molar-refractivity contribution in [3.8, 4) is 0 Å². The van der Waals surface area contributed by atoms with E-state index < -0.39 is 0 Å². The Labute approximate surface area is 128 Å². The van der Waals surface area contributed by atoms with Crippen LogP contribution in [0.2, 0.25) is 0 Å². The predicted octanol–water partition coefficient (Wildman–Crippen LogP) is 0.856. The normalized spacial score (nSPS) is 32.8. The molecule has 6 heteroatoms. The average Bonchev–Trinajstić information content (AvgIpc) is 2.74. The number of nitrogens with two attached hydrogens (primary N) is 1. The number of amides is 1. The van der Waals surface area contributed by atoms with Crippen LogP contribution in [-0.2, 0) is 9.53 Å². The van der Waals surface area contributed by atoms with Crippen LogP contribution in [0.5, 0.6) is 0 Å². The minimum Gasteiger partial charge on any atom is -0.373 e. The number of morpholine rings is 1. The fourth-order valence-electron chi connectivity index (χ4n) is 3.31. The van der Waals surface area contributed by atoms with Crippen LogP contribution >= 0.6 is 12.4 Å². The van der Waals surface area contributed by atoms with Crippen molar-refractivity contribution >= 4 is 18.3 Å². The van der Waals surface area contributed by atoms with E-state index in [9.17, 15) is 4.79 Å². The van der Waals surface area contributed by atoms with Crippen molar-refractivity contribution in [2.45, 2.75) is 57.9 Å². The number of nitrogens with zero attached hydrogens (tertiary/aromatic N) is 2. The summed E-state index contributed by atoms with van der Waals surface area (Å²) in [6, 6.07) is -0.0564. The largest absolute Gasteiger partial charge is 0.373 e. The summed E-state index contributed by atoms with van der Waals surface area (Å²) in [6.45, 7) is 9.74. The Morgan fingerprint density at radius 1 is 1.35 bits per heavy atom. The maximum atomic E-state index is 12.1. The first kappa shape index (κ1) is 17.7. The highest BCUT2D eigenvalue weighted by molar-refractivity contribution is 5.85. The van der Waals surface area contributed by atoms with E-state index in [-0.39, 0.29) is 36.6 Å². The third kappa shape index (κ3) is 4.32. The summed E-state index contributed by atoms with van der Waals surface area (Å²) in [6.07, 6.45) is 2.75. The lowest BCUT2D eigenvalue weighted by Gasteiger charge is -2.38. The van der Waals surface area contributed by atoms with Gasteiger partial charge in [0.1, 0.15) is 0 Å². The molecule has 0 aromatic rings. The molecular formula is C14H28ClN3O2. The van der Waals surface area contributed by atoms with E-state index in [1.165, 1.54) is 0 Å². The molecule has 2 rings (SSSR count). The standard InChI is InChI=1S/C14H27N3O2.ClH/c1-10-7-16(8-11(2)19-10)9-13-5-4-6-17(13)14(18)12(3)15;/h10-13H,4-9,15H2,1-3H3;1H. The number of ether oxygens (including phenoxy) is 1. The van der Waals surface area contributed by atoms with Crippen LogP contribution in [0.1, 0.15) is 33.6 Å². The molecule has 2 fully saturated rings. The van der Waals surface area contributed by atoms with Crippen molar-refractivity contribution < 1.29 is 9.53 Å². The summed E-state index contributed by atoms with van der Waals surface area (Å²) >= 11 is 0. The molecule has 0 spiro atoms. The summed E-state index contributed by atoms with van der Waals surface area (Å²) in [5.74, 6) is 0.0943. The van der Waals surface area contributed by atoms with Crippen LogP contribution in [0.25, 0.3) is 0 Å². The van der Waals surface area contributed by atoms with Crippen molar-refractivity contribution in [3.63, 3.8) is 0 Å². The number of carbonyl (C=O) groups excluding carboxylic acids is 1. The van der Waals surface area contributed by atoms with Gasteiger partial charge in [0.05, 0.1) is 18.2 Å². The molecule has 5 nitrogen and oxygen atoms in total. The van der Waals surface area contributed by atoms with Crippen molar-refractivity contribution in [2.75, 3.05) is 26.2 Å². The van der Waals surface area contributed by atoms with Crippen LogP contribution in [0.3, 0.4) is 0 Å². The van der Waals surface area contributed by atoms with E-state index in [1.807, 2.05) is 4.90 Å². The zero-order chi connectivity index (χ0) is 14.0. The predicted molar refractivity (Wildman–Crippen MR) is 82.1 cm³/mol. The van der Waals surface area contributed by atoms with Gasteiger partial charge in [-0.15, -0.1) is 12.4 Å². The summed E-state index contributed by atoms with van der Waals surface area (Å²) in [5.41, 5.74) is 5.73. The van der Waals surface area contributed by atoms with E-state index in [4.69, 9.17) is 10.5 Å². The van der Waals surface area contributed by atoms with Crippen LogP contribution in [0.15, 0.2) is 0 Å². The van der Waals surface area contributed by atoms with E-state index in [2.05, 4.69) is 18.7 Å². The second kappa shape index (κ2) is 7.59. The number of carbonyl (C=O) groups is 1. The molecule has 2 aliphatic heterocycles. The molecule has 2 heterocycles. The maximum Gasteiger partial charge on any atom is 0.239 e. The number of rotatable bonds is 3. The Balaban J connectivity index is 0.00000200. The van der Waals surface area contributed by atoms with Gasteiger partial charge in [-0.25, -0.2) is 0 Å². The molecule has 0 aromatic heterocycles. The lowest BCUT2D eigenvalue weighted by atomic mass is 10.1. The highest BCUT2D eigenvalue weighted by Gasteiger charge is 2.33. The third-order valence-corrected chi connectivity index (χ3v) is 4.01. The van der Waals surface area contributed by atoms with E-state index in [0.717, 1.165) is 39.0 Å². The SMILES string of the molecule is CC1CN(CC2CCCN2C(=O)C(C)N)CC(C)O1.Cl. The van der Waals surface area contributed by atoms with Crippen LogP contribution in [0, 0.1) is 0 Å². The molecule has 0 bridgehead atoms. The maximum absolute atomic E-state index is 12.1. The number of likely N-dealkylation sites (tertiary alicyclic amines) is 1. The zero-order valence-corrected chi connectivity index (χ0v) is 13.6.